The van der Waals surface area contributed by atoms with Crippen LogP contribution in [0.4, 0.5) is 10.6 Å². The number of nitriles is 1. The number of ether oxygens (including phenoxy) is 3. The van der Waals surface area contributed by atoms with E-state index in [2.05, 4.69) is 31.4 Å². The lowest BCUT2D eigenvalue weighted by molar-refractivity contribution is -0.172. The molecule has 2 N–H and O–H groups in total. The van der Waals surface area contributed by atoms with Crippen molar-refractivity contribution in [3.63, 3.8) is 0 Å². The van der Waals surface area contributed by atoms with Gasteiger partial charge < -0.3 is 43.9 Å². The van der Waals surface area contributed by atoms with Gasteiger partial charge in [0, 0.05) is 98.0 Å². The number of carbonyl (C=O) groups excluding carboxylic acids is 4. The molecule has 76 heavy (non-hydrogen) atoms. The van der Waals surface area contributed by atoms with Crippen LogP contribution in [-0.2, 0) is 39.6 Å². The lowest BCUT2D eigenvalue weighted by Gasteiger charge is -2.39. The number of esters is 1. The molecule has 1 saturated carbocycles. The number of hydrogen-bond donors (Lipinski definition) is 2. The Balaban J connectivity index is 0.760. The second-order valence-electron chi connectivity index (χ2n) is 21.1. The molecule has 3 amide bonds. The molecule has 5 aliphatic rings. The Morgan fingerprint density at radius 1 is 0.934 bits per heavy atom. The van der Waals surface area contributed by atoms with Crippen molar-refractivity contribution in [2.75, 3.05) is 44.2 Å². The zero-order valence-corrected chi connectivity index (χ0v) is 44.3. The molecule has 2 aromatic carbocycles. The summed E-state index contributed by atoms with van der Waals surface area (Å²) in [5.74, 6) is 0.607. The van der Waals surface area contributed by atoms with Crippen molar-refractivity contribution in [2.24, 2.45) is 5.92 Å². The van der Waals surface area contributed by atoms with E-state index in [1.54, 1.807) is 52.8 Å². The second kappa shape index (κ2) is 21.5. The number of piperidine rings is 1. The first-order valence-corrected chi connectivity index (χ1v) is 26.8. The number of halogens is 1. The first kappa shape index (κ1) is 52.3. The first-order chi connectivity index (χ1) is 36.5. The highest BCUT2D eigenvalue weighted by molar-refractivity contribution is 6.31. The van der Waals surface area contributed by atoms with E-state index in [0.29, 0.717) is 103 Å². The molecule has 2 saturated heterocycles. The van der Waals surface area contributed by atoms with Crippen LogP contribution >= 0.6 is 11.6 Å². The third-order valence-electron chi connectivity index (χ3n) is 15.8. The van der Waals surface area contributed by atoms with E-state index in [9.17, 15) is 29.1 Å². The number of amides is 3. The Kier molecular flexibility index (Phi) is 14.8. The maximum Gasteiger partial charge on any atom is 0.415 e. The highest BCUT2D eigenvalue weighted by Crippen LogP contribution is 2.41. The largest absolute Gasteiger partial charge is 0.490 e. The topological polar surface area (TPSA) is 226 Å². The molecule has 1 atom stereocenters. The average Bonchev–Trinajstić information content (AvgIpc) is 3.82. The number of nitrogens with zero attached hydrogens (tertiary/aromatic N) is 9. The zero-order valence-electron chi connectivity index (χ0n) is 43.5. The minimum Gasteiger partial charge on any atom is -0.490 e. The second-order valence-corrected chi connectivity index (χ2v) is 21.5. The van der Waals surface area contributed by atoms with Gasteiger partial charge in [0.05, 0.1) is 45.7 Å². The van der Waals surface area contributed by atoms with Crippen molar-refractivity contribution < 1.29 is 38.5 Å². The predicted molar refractivity (Wildman–Crippen MR) is 282 cm³/mol. The lowest BCUT2D eigenvalue weighted by Crippen LogP contribution is -2.51. The maximum absolute atomic E-state index is 14.0. The number of aliphatic hydroxyl groups is 1. The van der Waals surface area contributed by atoms with Gasteiger partial charge in [-0.3, -0.25) is 19.3 Å². The van der Waals surface area contributed by atoms with Crippen molar-refractivity contribution in [3.05, 3.63) is 103 Å². The Morgan fingerprint density at radius 3 is 2.33 bits per heavy atom. The predicted octanol–water partition coefficient (Wildman–Crippen LogP) is 6.69. The van der Waals surface area contributed by atoms with E-state index < -0.39 is 17.7 Å². The number of hydrogen-bond acceptors (Lipinski definition) is 15. The normalized spacial score (nSPS) is 20.7. The van der Waals surface area contributed by atoms with E-state index in [0.717, 1.165) is 42.2 Å². The van der Waals surface area contributed by atoms with Crippen LogP contribution in [-0.4, -0.2) is 127 Å². The molecule has 0 spiro atoms. The summed E-state index contributed by atoms with van der Waals surface area (Å²) in [4.78, 5) is 80.8. The molecule has 398 valence electrons. The van der Waals surface area contributed by atoms with Crippen molar-refractivity contribution in [3.8, 4) is 29.0 Å². The minimum atomic E-state index is -1.94. The van der Waals surface area contributed by atoms with Gasteiger partial charge in [0.15, 0.2) is 17.1 Å². The molecule has 4 aliphatic heterocycles. The first-order valence-electron chi connectivity index (χ1n) is 26.4. The number of aromatic nitrogens is 4. The van der Waals surface area contributed by atoms with Crippen molar-refractivity contribution in [1.82, 2.24) is 39.8 Å². The molecular weight excluding hydrogens is 992 g/mol. The van der Waals surface area contributed by atoms with E-state index in [1.807, 2.05) is 50.8 Å². The summed E-state index contributed by atoms with van der Waals surface area (Å²) in [6, 6.07) is 17.6. The number of fused-ring (bicyclic) bond motifs is 5. The zero-order chi connectivity index (χ0) is 53.6. The van der Waals surface area contributed by atoms with Crippen LogP contribution in [0.3, 0.4) is 0 Å². The highest BCUT2D eigenvalue weighted by atomic mass is 35.5. The summed E-state index contributed by atoms with van der Waals surface area (Å²) in [5, 5.41) is 33.4. The maximum atomic E-state index is 14.0. The van der Waals surface area contributed by atoms with Crippen LogP contribution in [0.2, 0.25) is 5.02 Å². The highest BCUT2D eigenvalue weighted by Gasteiger charge is 2.45. The third kappa shape index (κ3) is 10.2. The number of nitrogens with one attached hydrogen (secondary N) is 1. The number of rotatable bonds is 12. The standard InChI is InChI=1S/C56H63ClN10O9/c1-6-56(73)43-27-47-50-36(29-66(47)53(70)42(43)31-74-54(56)71)25-40-41(48(15-13-45(40)60-50)76-55(72)67(32(2)3)33(4)5)30-63-21-23-65(24-22-63)52(69)34-17-19-64(20-18-34)49-16-14-46(61-62-49)51(68)59-37-8-11-38(12-9-37)75-39-10-7-35(28-58)44(57)26-39/h7,10,13-16,25-27,32-34,37-38,73H,6,8-9,11-12,17-24,29-31H2,1-5H3,(H,59,68)/t37-,38-,56-/m0/s1. The van der Waals surface area contributed by atoms with Gasteiger partial charge in [0.2, 0.25) is 5.91 Å². The fourth-order valence-electron chi connectivity index (χ4n) is 11.5. The third-order valence-corrected chi connectivity index (χ3v) is 16.1. The number of anilines is 1. The van der Waals surface area contributed by atoms with Gasteiger partial charge in [-0.15, -0.1) is 10.2 Å². The van der Waals surface area contributed by atoms with Gasteiger partial charge in [0.25, 0.3) is 11.5 Å². The molecule has 20 heteroatoms. The molecule has 3 fully saturated rings. The van der Waals surface area contributed by atoms with Gasteiger partial charge in [-0.25, -0.2) is 14.6 Å². The van der Waals surface area contributed by atoms with Crippen LogP contribution in [0, 0.1) is 17.2 Å². The fraction of sp³-hybridized carbons (Fsp3) is 0.482. The molecule has 3 aromatic heterocycles. The lowest BCUT2D eigenvalue weighted by atomic mass is 9.86. The van der Waals surface area contributed by atoms with E-state index in [-0.39, 0.29) is 83.9 Å². The molecule has 0 unspecified atom stereocenters. The Morgan fingerprint density at radius 2 is 1.67 bits per heavy atom. The quantitative estimate of drug-likeness (QED) is 0.122. The summed E-state index contributed by atoms with van der Waals surface area (Å²) in [6.45, 7) is 13.3. The number of cyclic esters (lactones) is 1. The fourth-order valence-corrected chi connectivity index (χ4v) is 11.7. The molecule has 10 rings (SSSR count). The van der Waals surface area contributed by atoms with Gasteiger partial charge in [0.1, 0.15) is 24.2 Å². The van der Waals surface area contributed by atoms with Gasteiger partial charge >= 0.3 is 12.1 Å². The summed E-state index contributed by atoms with van der Waals surface area (Å²) in [5.41, 5.74) is 2.08. The van der Waals surface area contributed by atoms with Crippen molar-refractivity contribution >= 4 is 52.2 Å². The Bertz CT molecular complexity index is 3180. The summed E-state index contributed by atoms with van der Waals surface area (Å²) >= 11 is 6.18. The number of benzene rings is 2. The Labute approximate surface area is 445 Å². The summed E-state index contributed by atoms with van der Waals surface area (Å²) in [7, 11) is 0. The van der Waals surface area contributed by atoms with E-state index in [4.69, 9.17) is 36.1 Å². The van der Waals surface area contributed by atoms with Crippen molar-refractivity contribution in [1.29, 1.82) is 5.26 Å². The van der Waals surface area contributed by atoms with Crippen LogP contribution in [0.5, 0.6) is 11.5 Å². The molecule has 5 aromatic rings. The smallest absolute Gasteiger partial charge is 0.415 e. The van der Waals surface area contributed by atoms with Gasteiger partial charge in [-0.2, -0.15) is 5.26 Å². The van der Waals surface area contributed by atoms with Gasteiger partial charge in [-0.05, 0) is 121 Å². The summed E-state index contributed by atoms with van der Waals surface area (Å²) in [6.07, 6.45) is 3.88. The number of piperazine rings is 1. The number of carbonyl (C=O) groups is 4. The average molecular weight is 1060 g/mol. The van der Waals surface area contributed by atoms with Crippen LogP contribution in [0.1, 0.15) is 118 Å². The monoisotopic (exact) mass is 1050 g/mol. The van der Waals surface area contributed by atoms with Crippen LogP contribution < -0.4 is 25.2 Å². The molecule has 19 nitrogen and oxygen atoms in total. The minimum absolute atomic E-state index is 0.0146. The SMILES string of the molecule is CC[C@@]1(O)C(=O)OCc2c1cc1n(c2=O)Cc2cc3c(CN4CCN(C(=O)C5CCN(c6ccc(C(=O)N[C@H]7CC[C@H](Oc8ccc(C#N)c(Cl)c8)CC7)nn6)CC5)CC4)c(OC(=O)N(C(C)C)C(C)C)ccc3nc2-1. The molecule has 7 heterocycles. The summed E-state index contributed by atoms with van der Waals surface area (Å²) < 4.78 is 19.2. The van der Waals surface area contributed by atoms with Crippen molar-refractivity contribution in [2.45, 2.75) is 129 Å². The van der Waals surface area contributed by atoms with E-state index >= 15 is 0 Å². The molecule has 1 aliphatic carbocycles. The molecule has 0 bridgehead atoms. The van der Waals surface area contributed by atoms with E-state index in [1.165, 1.54) is 0 Å². The van der Waals surface area contributed by atoms with Gasteiger partial charge in [-0.1, -0.05) is 18.5 Å². The van der Waals surface area contributed by atoms with Crippen LogP contribution in [0.25, 0.3) is 22.3 Å². The van der Waals surface area contributed by atoms with Crippen LogP contribution in [0.15, 0.2) is 59.4 Å². The number of pyridine rings is 2. The molecule has 0 radical (unpaired) electrons. The Hall–Kier alpha value is -7.14. The molecular formula is C56H63ClN10O9.